The van der Waals surface area contributed by atoms with Crippen molar-refractivity contribution < 1.29 is 13.2 Å². The fourth-order valence-electron chi connectivity index (χ4n) is 2.83. The zero-order valence-electron chi connectivity index (χ0n) is 14.2. The number of carbonyl (C=O) groups excluding carboxylic acids is 1. The smallest absolute Gasteiger partial charge is 0.253 e. The molecule has 1 aliphatic carbocycles. The fourth-order valence-corrected chi connectivity index (χ4v) is 3.41. The van der Waals surface area contributed by atoms with Crippen molar-refractivity contribution in [3.8, 4) is 0 Å². The molecule has 132 valence electrons. The van der Waals surface area contributed by atoms with Crippen molar-refractivity contribution in [2.75, 3.05) is 17.5 Å². The molecule has 0 spiro atoms. The van der Waals surface area contributed by atoms with Crippen LogP contribution in [0.3, 0.4) is 0 Å². The Kier molecular flexibility index (Phi) is 4.51. The van der Waals surface area contributed by atoms with Crippen LogP contribution in [-0.2, 0) is 15.4 Å². The van der Waals surface area contributed by atoms with E-state index < -0.39 is 10.0 Å². The number of anilines is 1. The zero-order chi connectivity index (χ0) is 18.1. The third-order valence-electron chi connectivity index (χ3n) is 4.36. The number of sulfonamides is 1. The van der Waals surface area contributed by atoms with Crippen molar-refractivity contribution in [2.45, 2.75) is 25.2 Å². The largest absolute Gasteiger partial charge is 0.351 e. The lowest BCUT2D eigenvalue weighted by Crippen LogP contribution is -2.33. The summed E-state index contributed by atoms with van der Waals surface area (Å²) in [6.07, 6.45) is 4.78. The van der Waals surface area contributed by atoms with Gasteiger partial charge in [0.25, 0.3) is 5.91 Å². The van der Waals surface area contributed by atoms with E-state index in [1.807, 2.05) is 25.1 Å². The number of hydrogen-bond donors (Lipinski definition) is 2. The summed E-state index contributed by atoms with van der Waals surface area (Å²) in [5.41, 5.74) is 2.37. The first-order chi connectivity index (χ1) is 11.8. The van der Waals surface area contributed by atoms with E-state index in [9.17, 15) is 13.2 Å². The molecule has 7 heteroatoms. The summed E-state index contributed by atoms with van der Waals surface area (Å²) in [4.78, 5) is 17.0. The topological polar surface area (TPSA) is 88.2 Å². The Morgan fingerprint density at radius 3 is 2.60 bits per heavy atom. The van der Waals surface area contributed by atoms with Crippen LogP contribution in [-0.4, -0.2) is 32.1 Å². The molecule has 1 aliphatic rings. The number of aromatic nitrogens is 1. The van der Waals surface area contributed by atoms with Crippen molar-refractivity contribution in [1.29, 1.82) is 0 Å². The maximum atomic E-state index is 12.6. The molecule has 0 saturated heterocycles. The van der Waals surface area contributed by atoms with E-state index in [2.05, 4.69) is 15.0 Å². The van der Waals surface area contributed by atoms with Crippen LogP contribution in [0.2, 0.25) is 0 Å². The minimum atomic E-state index is -3.46. The Hall–Kier alpha value is -2.41. The summed E-state index contributed by atoms with van der Waals surface area (Å²) in [7, 11) is -3.46. The average Bonchev–Trinajstić information content (AvgIpc) is 3.35. The lowest BCUT2D eigenvalue weighted by atomic mass is 10.0. The Bertz CT molecular complexity index is 891. The van der Waals surface area contributed by atoms with Gasteiger partial charge in [0.2, 0.25) is 10.0 Å². The van der Waals surface area contributed by atoms with Crippen LogP contribution in [0.15, 0.2) is 42.6 Å². The standard InChI is InChI=1S/C18H21N3O3S/c1-13-6-7-15(21-25(2,23)24)14(11-13)17(22)20-12-18(8-9-18)16-5-3-4-10-19-16/h3-7,10-11,21H,8-9,12H2,1-2H3,(H,20,22). The van der Waals surface area contributed by atoms with Crippen LogP contribution in [0.5, 0.6) is 0 Å². The molecule has 1 aromatic heterocycles. The Labute approximate surface area is 147 Å². The molecule has 2 aromatic rings. The minimum Gasteiger partial charge on any atom is -0.351 e. The van der Waals surface area contributed by atoms with Crippen LogP contribution in [0.4, 0.5) is 5.69 Å². The number of nitrogens with zero attached hydrogens (tertiary/aromatic N) is 1. The molecule has 0 bridgehead atoms. The third-order valence-corrected chi connectivity index (χ3v) is 4.95. The molecule has 6 nitrogen and oxygen atoms in total. The summed E-state index contributed by atoms with van der Waals surface area (Å²) in [5, 5.41) is 2.94. The van der Waals surface area contributed by atoms with Crippen molar-refractivity contribution in [3.05, 3.63) is 59.4 Å². The van der Waals surface area contributed by atoms with Gasteiger partial charge in [-0.1, -0.05) is 17.7 Å². The van der Waals surface area contributed by atoms with Crippen molar-refractivity contribution in [2.24, 2.45) is 0 Å². The highest BCUT2D eigenvalue weighted by molar-refractivity contribution is 7.92. The van der Waals surface area contributed by atoms with Crippen LogP contribution >= 0.6 is 0 Å². The van der Waals surface area contributed by atoms with E-state index in [-0.39, 0.29) is 17.0 Å². The number of aryl methyl sites for hydroxylation is 1. The minimum absolute atomic E-state index is 0.106. The van der Waals surface area contributed by atoms with Gasteiger partial charge >= 0.3 is 0 Å². The number of nitrogens with one attached hydrogen (secondary N) is 2. The number of amides is 1. The van der Waals surface area contributed by atoms with E-state index in [1.165, 1.54) is 0 Å². The Balaban J connectivity index is 1.77. The average molecular weight is 359 g/mol. The first kappa shape index (κ1) is 17.4. The van der Waals surface area contributed by atoms with Gasteiger partial charge in [-0.15, -0.1) is 0 Å². The van der Waals surface area contributed by atoms with Gasteiger partial charge in [-0.25, -0.2) is 8.42 Å². The van der Waals surface area contributed by atoms with E-state index in [0.29, 0.717) is 12.1 Å². The number of carbonyl (C=O) groups is 1. The summed E-state index contributed by atoms with van der Waals surface area (Å²) in [5.74, 6) is -0.294. The highest BCUT2D eigenvalue weighted by atomic mass is 32.2. The van der Waals surface area contributed by atoms with Gasteiger partial charge in [0.05, 0.1) is 17.5 Å². The van der Waals surface area contributed by atoms with Gasteiger partial charge in [0.1, 0.15) is 0 Å². The molecule has 0 atom stereocenters. The summed E-state index contributed by atoms with van der Waals surface area (Å²) in [6, 6.07) is 10.8. The Morgan fingerprint density at radius 1 is 1.24 bits per heavy atom. The molecule has 0 radical (unpaired) electrons. The lowest BCUT2D eigenvalue weighted by molar-refractivity contribution is 0.0950. The molecule has 2 N–H and O–H groups in total. The quantitative estimate of drug-likeness (QED) is 0.828. The van der Waals surface area contributed by atoms with Crippen LogP contribution in [0, 0.1) is 6.92 Å². The predicted molar refractivity (Wildman–Crippen MR) is 97.1 cm³/mol. The van der Waals surface area contributed by atoms with Gasteiger partial charge in [0.15, 0.2) is 0 Å². The van der Waals surface area contributed by atoms with Crippen molar-refractivity contribution >= 4 is 21.6 Å². The van der Waals surface area contributed by atoms with Crippen molar-refractivity contribution in [1.82, 2.24) is 10.3 Å². The number of benzene rings is 1. The van der Waals surface area contributed by atoms with Gasteiger partial charge < -0.3 is 5.32 Å². The summed E-state index contributed by atoms with van der Waals surface area (Å²) in [6.45, 7) is 2.34. The molecule has 3 rings (SSSR count). The summed E-state index contributed by atoms with van der Waals surface area (Å²) >= 11 is 0. The summed E-state index contributed by atoms with van der Waals surface area (Å²) < 4.78 is 25.4. The normalized spacial score (nSPS) is 15.4. The molecule has 25 heavy (non-hydrogen) atoms. The van der Waals surface area contributed by atoms with Crippen molar-refractivity contribution in [3.63, 3.8) is 0 Å². The molecule has 1 saturated carbocycles. The fraction of sp³-hybridized carbons (Fsp3) is 0.333. The first-order valence-electron chi connectivity index (χ1n) is 8.07. The molecule has 0 aliphatic heterocycles. The first-order valence-corrected chi connectivity index (χ1v) is 9.96. The molecule has 1 fully saturated rings. The van der Waals surface area contributed by atoms with E-state index in [1.54, 1.807) is 24.4 Å². The van der Waals surface area contributed by atoms with E-state index in [0.717, 1.165) is 30.4 Å². The third kappa shape index (κ3) is 4.17. The maximum Gasteiger partial charge on any atom is 0.253 e. The van der Waals surface area contributed by atoms with E-state index in [4.69, 9.17) is 0 Å². The van der Waals surface area contributed by atoms with Gasteiger partial charge in [-0.05, 0) is 44.0 Å². The highest BCUT2D eigenvalue weighted by Crippen LogP contribution is 2.46. The zero-order valence-corrected chi connectivity index (χ0v) is 15.1. The van der Waals surface area contributed by atoms with Crippen LogP contribution < -0.4 is 10.0 Å². The second-order valence-electron chi connectivity index (χ2n) is 6.60. The highest BCUT2D eigenvalue weighted by Gasteiger charge is 2.45. The molecular weight excluding hydrogens is 338 g/mol. The molecule has 0 unspecified atom stereocenters. The second-order valence-corrected chi connectivity index (χ2v) is 8.35. The molecule has 1 amide bonds. The second kappa shape index (κ2) is 6.48. The van der Waals surface area contributed by atoms with Gasteiger partial charge in [-0.3, -0.25) is 14.5 Å². The predicted octanol–water partition coefficient (Wildman–Crippen LogP) is 2.22. The van der Waals surface area contributed by atoms with Crippen LogP contribution in [0.1, 0.15) is 34.5 Å². The molecule has 1 aromatic carbocycles. The molecule has 1 heterocycles. The number of rotatable bonds is 6. The van der Waals surface area contributed by atoms with Gasteiger partial charge in [-0.2, -0.15) is 0 Å². The van der Waals surface area contributed by atoms with Gasteiger partial charge in [0, 0.05) is 23.9 Å². The maximum absolute atomic E-state index is 12.6. The van der Waals surface area contributed by atoms with Crippen LogP contribution in [0.25, 0.3) is 0 Å². The lowest BCUT2D eigenvalue weighted by Gasteiger charge is -2.17. The number of hydrogen-bond acceptors (Lipinski definition) is 4. The molecular formula is C18H21N3O3S. The SMILES string of the molecule is Cc1ccc(NS(C)(=O)=O)c(C(=O)NCC2(c3ccccn3)CC2)c1. The monoisotopic (exact) mass is 359 g/mol. The van der Waals surface area contributed by atoms with E-state index >= 15 is 0 Å². The Morgan fingerprint density at radius 2 is 2.00 bits per heavy atom. The number of pyridine rings is 1.